The van der Waals surface area contributed by atoms with E-state index in [2.05, 4.69) is 46.9 Å². The lowest BCUT2D eigenvalue weighted by molar-refractivity contribution is -0.147. The van der Waals surface area contributed by atoms with Crippen LogP contribution in [0.2, 0.25) is 0 Å². The van der Waals surface area contributed by atoms with Crippen molar-refractivity contribution in [3.05, 3.63) is 77.2 Å². The van der Waals surface area contributed by atoms with Crippen LogP contribution in [0, 0.1) is 5.92 Å². The maximum absolute atomic E-state index is 10.6. The first-order chi connectivity index (χ1) is 17.2. The Morgan fingerprint density at radius 2 is 1.58 bits per heavy atom. The zero-order chi connectivity index (χ0) is 26.2. The summed E-state index contributed by atoms with van der Waals surface area (Å²) in [7, 11) is 0. The quantitative estimate of drug-likeness (QED) is 0.314. The molecular formula is C27H35NO8. The standard InChI is InChI=1S/C21H27NO2.C6H8O6/c1-16(21(24)19-7-9-20(23)10-8-19)22-13-11-18(12-14-22)15-17-5-3-2-4-6-17;7-1-2(8)5-3(9)4(10)6(11)12-5/h2-10,16,18,21,23-24H,11-15H2,1H3;2,5,7-10H,1H2/t;2-,5?/m.0/s1. The van der Waals surface area contributed by atoms with Gasteiger partial charge in [-0.25, -0.2) is 4.79 Å². The summed E-state index contributed by atoms with van der Waals surface area (Å²) in [5, 5.41) is 55.0. The molecule has 1 saturated heterocycles. The topological polar surface area (TPSA) is 151 Å². The molecule has 196 valence electrons. The summed E-state index contributed by atoms with van der Waals surface area (Å²) in [6.45, 7) is 3.49. The van der Waals surface area contributed by atoms with Crippen LogP contribution in [0.3, 0.4) is 0 Å². The molecule has 0 radical (unpaired) electrons. The number of aromatic hydroxyl groups is 1. The molecule has 6 N–H and O–H groups in total. The third-order valence-electron chi connectivity index (χ3n) is 6.76. The van der Waals surface area contributed by atoms with Crippen molar-refractivity contribution in [1.82, 2.24) is 4.90 Å². The Labute approximate surface area is 210 Å². The van der Waals surface area contributed by atoms with E-state index in [9.17, 15) is 15.0 Å². The Balaban J connectivity index is 0.000000253. The zero-order valence-corrected chi connectivity index (χ0v) is 20.3. The minimum absolute atomic E-state index is 0.0900. The van der Waals surface area contributed by atoms with Crippen molar-refractivity contribution in [2.24, 2.45) is 5.92 Å². The number of cyclic esters (lactones) is 1. The van der Waals surface area contributed by atoms with Crippen molar-refractivity contribution >= 4 is 5.97 Å². The molecule has 9 nitrogen and oxygen atoms in total. The number of nitrogens with zero attached hydrogens (tertiary/aromatic N) is 1. The van der Waals surface area contributed by atoms with Gasteiger partial charge in [0, 0.05) is 6.04 Å². The lowest BCUT2D eigenvalue weighted by Crippen LogP contribution is -2.43. The predicted octanol–water partition coefficient (Wildman–Crippen LogP) is 2.36. The highest BCUT2D eigenvalue weighted by molar-refractivity contribution is 5.89. The maximum atomic E-state index is 10.6. The summed E-state index contributed by atoms with van der Waals surface area (Å²) < 4.78 is 4.32. The molecular weight excluding hydrogens is 466 g/mol. The number of likely N-dealkylation sites (tertiary alicyclic amines) is 1. The highest BCUT2D eigenvalue weighted by atomic mass is 16.6. The molecule has 36 heavy (non-hydrogen) atoms. The van der Waals surface area contributed by atoms with Crippen LogP contribution in [0.15, 0.2) is 66.1 Å². The van der Waals surface area contributed by atoms with Crippen molar-refractivity contribution < 1.29 is 40.2 Å². The third kappa shape index (κ3) is 6.98. The second kappa shape index (κ2) is 12.7. The minimum Gasteiger partial charge on any atom is -0.508 e. The molecule has 9 heteroatoms. The van der Waals surface area contributed by atoms with Gasteiger partial charge < -0.3 is 35.4 Å². The van der Waals surface area contributed by atoms with Gasteiger partial charge >= 0.3 is 5.97 Å². The molecule has 0 amide bonds. The molecule has 2 aliphatic rings. The highest BCUT2D eigenvalue weighted by Crippen LogP contribution is 2.28. The van der Waals surface area contributed by atoms with Crippen LogP contribution < -0.4 is 0 Å². The number of carbonyl (C=O) groups excluding carboxylic acids is 1. The molecule has 2 aromatic rings. The Morgan fingerprint density at radius 3 is 2.11 bits per heavy atom. The predicted molar refractivity (Wildman–Crippen MR) is 132 cm³/mol. The Kier molecular flexibility index (Phi) is 9.72. The number of phenols is 1. The minimum atomic E-state index is -1.42. The molecule has 4 rings (SSSR count). The van der Waals surface area contributed by atoms with Gasteiger partial charge in [0.05, 0.1) is 12.7 Å². The number of benzene rings is 2. The largest absolute Gasteiger partial charge is 0.508 e. The van der Waals surface area contributed by atoms with E-state index in [0.717, 1.165) is 31.0 Å². The van der Waals surface area contributed by atoms with Crippen molar-refractivity contribution in [2.75, 3.05) is 19.7 Å². The normalized spacial score (nSPS) is 21.3. The number of ether oxygens (including phenoxy) is 1. The van der Waals surface area contributed by atoms with E-state index in [-0.39, 0.29) is 11.8 Å². The molecule has 0 saturated carbocycles. The van der Waals surface area contributed by atoms with E-state index in [1.807, 2.05) is 0 Å². The number of esters is 1. The monoisotopic (exact) mass is 501 g/mol. The summed E-state index contributed by atoms with van der Waals surface area (Å²) in [5.74, 6) is -1.80. The summed E-state index contributed by atoms with van der Waals surface area (Å²) in [4.78, 5) is 12.9. The van der Waals surface area contributed by atoms with Crippen LogP contribution in [-0.2, 0) is 16.0 Å². The fraction of sp³-hybridized carbons (Fsp3) is 0.444. The molecule has 2 aromatic carbocycles. The number of hydrogen-bond acceptors (Lipinski definition) is 9. The molecule has 0 aromatic heterocycles. The third-order valence-corrected chi connectivity index (χ3v) is 6.76. The molecule has 4 atom stereocenters. The van der Waals surface area contributed by atoms with Gasteiger partial charge in [-0.3, -0.25) is 4.90 Å². The summed E-state index contributed by atoms with van der Waals surface area (Å²) in [6, 6.07) is 17.7. The first-order valence-corrected chi connectivity index (χ1v) is 12.1. The van der Waals surface area contributed by atoms with Crippen LogP contribution in [0.25, 0.3) is 0 Å². The lowest BCUT2D eigenvalue weighted by atomic mass is 9.89. The lowest BCUT2D eigenvalue weighted by Gasteiger charge is -2.38. The van der Waals surface area contributed by atoms with E-state index in [1.54, 1.807) is 24.3 Å². The van der Waals surface area contributed by atoms with E-state index in [1.165, 1.54) is 18.4 Å². The van der Waals surface area contributed by atoms with Gasteiger partial charge in [-0.15, -0.1) is 0 Å². The van der Waals surface area contributed by atoms with Crippen LogP contribution in [0.1, 0.15) is 37.0 Å². The van der Waals surface area contributed by atoms with E-state index in [4.69, 9.17) is 20.4 Å². The Bertz CT molecular complexity index is 1000. The number of aliphatic hydroxyl groups is 5. The van der Waals surface area contributed by atoms with Gasteiger partial charge in [-0.05, 0) is 68.5 Å². The molecule has 2 heterocycles. The van der Waals surface area contributed by atoms with Gasteiger partial charge in [0.25, 0.3) is 0 Å². The molecule has 1 fully saturated rings. The van der Waals surface area contributed by atoms with E-state index < -0.39 is 42.4 Å². The fourth-order valence-electron chi connectivity index (χ4n) is 4.48. The van der Waals surface area contributed by atoms with Gasteiger partial charge in [0.15, 0.2) is 11.9 Å². The Hall–Kier alpha value is -3.11. The first kappa shape index (κ1) is 27.5. The van der Waals surface area contributed by atoms with Crippen molar-refractivity contribution in [3.8, 4) is 5.75 Å². The van der Waals surface area contributed by atoms with Crippen LogP contribution in [0.5, 0.6) is 5.75 Å². The number of rotatable bonds is 7. The van der Waals surface area contributed by atoms with E-state index >= 15 is 0 Å². The number of carbonyl (C=O) groups is 1. The maximum Gasteiger partial charge on any atom is 0.377 e. The average molecular weight is 502 g/mol. The molecule has 3 unspecified atom stereocenters. The van der Waals surface area contributed by atoms with Gasteiger partial charge in [-0.2, -0.15) is 0 Å². The number of phenolic OH excluding ortho intramolecular Hbond substituents is 1. The van der Waals surface area contributed by atoms with Crippen molar-refractivity contribution in [1.29, 1.82) is 0 Å². The zero-order valence-electron chi connectivity index (χ0n) is 20.3. The molecule has 0 aliphatic carbocycles. The van der Waals surface area contributed by atoms with E-state index in [0.29, 0.717) is 0 Å². The number of piperidine rings is 1. The summed E-state index contributed by atoms with van der Waals surface area (Å²) in [6.07, 6.45) is 0.226. The smallest absolute Gasteiger partial charge is 0.377 e. The second-order valence-corrected chi connectivity index (χ2v) is 9.26. The van der Waals surface area contributed by atoms with Gasteiger partial charge in [0.1, 0.15) is 11.9 Å². The van der Waals surface area contributed by atoms with Gasteiger partial charge in [0.2, 0.25) is 5.76 Å². The van der Waals surface area contributed by atoms with Crippen LogP contribution in [0.4, 0.5) is 0 Å². The highest BCUT2D eigenvalue weighted by Gasteiger charge is 2.38. The van der Waals surface area contributed by atoms with Crippen molar-refractivity contribution in [2.45, 2.75) is 50.5 Å². The molecule has 0 bridgehead atoms. The average Bonchev–Trinajstić information content (AvgIpc) is 3.16. The number of aliphatic hydroxyl groups excluding tert-OH is 5. The van der Waals surface area contributed by atoms with Gasteiger partial charge in [-0.1, -0.05) is 42.5 Å². The second-order valence-electron chi connectivity index (χ2n) is 9.26. The summed E-state index contributed by atoms with van der Waals surface area (Å²) in [5.41, 5.74) is 2.29. The fourth-order valence-corrected chi connectivity index (χ4v) is 4.48. The molecule has 0 spiro atoms. The van der Waals surface area contributed by atoms with Crippen molar-refractivity contribution in [3.63, 3.8) is 0 Å². The van der Waals surface area contributed by atoms with Crippen LogP contribution in [-0.4, -0.2) is 79.5 Å². The number of hydrogen-bond donors (Lipinski definition) is 6. The first-order valence-electron chi connectivity index (χ1n) is 12.1. The molecule has 2 aliphatic heterocycles. The van der Waals surface area contributed by atoms with Crippen LogP contribution >= 0.6 is 0 Å². The SMILES string of the molecule is CC(C(O)c1ccc(O)cc1)N1CCC(Cc2ccccc2)CC1.O=C1OC([C@@H](O)CO)C(O)=C1O. The summed E-state index contributed by atoms with van der Waals surface area (Å²) >= 11 is 0. The Morgan fingerprint density at radius 1 is 0.972 bits per heavy atom.